The Morgan fingerprint density at radius 3 is 2.44 bits per heavy atom. The van der Waals surface area contributed by atoms with Gasteiger partial charge < -0.3 is 19.4 Å². The van der Waals surface area contributed by atoms with Crippen LogP contribution in [0.2, 0.25) is 0 Å². The van der Waals surface area contributed by atoms with Gasteiger partial charge in [-0.1, -0.05) is 60.7 Å². The number of carbonyl (C=O) groups excluding carboxylic acids is 1. The van der Waals surface area contributed by atoms with Crippen molar-refractivity contribution in [1.82, 2.24) is 14.8 Å². The lowest BCUT2D eigenvalue weighted by Crippen LogP contribution is -2.41. The van der Waals surface area contributed by atoms with Gasteiger partial charge in [0.25, 0.3) is 0 Å². The number of aromatic nitrogens is 1. The van der Waals surface area contributed by atoms with Crippen molar-refractivity contribution in [2.75, 3.05) is 39.4 Å². The third-order valence-corrected chi connectivity index (χ3v) is 7.94. The van der Waals surface area contributed by atoms with Crippen LogP contribution in [0.3, 0.4) is 0 Å². The Balaban J connectivity index is 1.30. The molecule has 0 spiro atoms. The summed E-state index contributed by atoms with van der Waals surface area (Å²) in [6.07, 6.45) is 2.44. The average molecular weight is 578 g/mol. The topological polar surface area (TPSA) is 55.7 Å². The molecule has 1 saturated heterocycles. The number of fused-ring (bicyclic) bond motifs is 1. The van der Waals surface area contributed by atoms with Crippen molar-refractivity contribution >= 4 is 16.8 Å². The fourth-order valence-corrected chi connectivity index (χ4v) is 5.73. The molecule has 0 radical (unpaired) electrons. The molecule has 7 heteroatoms. The summed E-state index contributed by atoms with van der Waals surface area (Å²) in [5, 5.41) is 4.25. The number of carbonyl (C=O) groups is 1. The second-order valence-electron chi connectivity index (χ2n) is 10.9. The molecule has 5 aromatic rings. The Labute approximate surface area is 251 Å². The Bertz CT molecular complexity index is 1650. The van der Waals surface area contributed by atoms with E-state index in [0.717, 1.165) is 71.9 Å². The molecule has 2 heterocycles. The Kier molecular flexibility index (Phi) is 9.11. The van der Waals surface area contributed by atoms with Crippen molar-refractivity contribution in [3.8, 4) is 11.5 Å². The second kappa shape index (κ2) is 13.7. The predicted molar refractivity (Wildman–Crippen MR) is 167 cm³/mol. The number of ether oxygens (including phenoxy) is 2. The molecule has 0 saturated carbocycles. The SMILES string of the molecule is O=C(C[C@@H](c1cccc(Oc2ccccc2)c1)c1cn(Cc2ccc(F)cc2)c2ccccc12)NCCN1CCOCC1. The zero-order chi connectivity index (χ0) is 29.4. The summed E-state index contributed by atoms with van der Waals surface area (Å²) < 4.78 is 27.4. The summed E-state index contributed by atoms with van der Waals surface area (Å²) in [7, 11) is 0. The van der Waals surface area contributed by atoms with Crippen LogP contribution in [0.4, 0.5) is 4.39 Å². The Hall–Kier alpha value is -4.46. The van der Waals surface area contributed by atoms with Gasteiger partial charge >= 0.3 is 0 Å². The van der Waals surface area contributed by atoms with Crippen LogP contribution < -0.4 is 10.1 Å². The maximum atomic E-state index is 13.6. The van der Waals surface area contributed by atoms with Gasteiger partial charge in [-0.3, -0.25) is 9.69 Å². The standard InChI is InChI=1S/C36H36FN3O3/c37-29-15-13-27(14-16-29)25-40-26-34(32-11-4-5-12-35(32)40)33(24-36(41)38-17-18-39-19-21-42-22-20-39)28-7-6-10-31(23-28)43-30-8-2-1-3-9-30/h1-16,23,26,33H,17-22,24-25H2,(H,38,41)/t33-/m0/s1. The van der Waals surface area contributed by atoms with E-state index in [1.165, 1.54) is 12.1 Å². The highest BCUT2D eigenvalue weighted by Crippen LogP contribution is 2.37. The first kappa shape index (κ1) is 28.6. The van der Waals surface area contributed by atoms with Crippen molar-refractivity contribution in [3.63, 3.8) is 0 Å². The highest BCUT2D eigenvalue weighted by atomic mass is 19.1. The molecule has 1 aliphatic heterocycles. The van der Waals surface area contributed by atoms with Crippen LogP contribution in [-0.4, -0.2) is 54.8 Å². The van der Waals surface area contributed by atoms with Gasteiger partial charge in [-0.05, 0) is 59.2 Å². The van der Waals surface area contributed by atoms with Gasteiger partial charge in [0.15, 0.2) is 0 Å². The van der Waals surface area contributed by atoms with Gasteiger partial charge in [0.1, 0.15) is 17.3 Å². The van der Waals surface area contributed by atoms with Crippen LogP contribution in [-0.2, 0) is 16.1 Å². The monoisotopic (exact) mass is 577 g/mol. The number of hydrogen-bond donors (Lipinski definition) is 1. The van der Waals surface area contributed by atoms with Gasteiger partial charge in [0.2, 0.25) is 5.91 Å². The van der Waals surface area contributed by atoms with Crippen molar-refractivity contribution in [2.45, 2.75) is 18.9 Å². The summed E-state index contributed by atoms with van der Waals surface area (Å²) in [5.41, 5.74) is 4.14. The molecule has 1 aromatic heterocycles. The molecule has 1 amide bonds. The molecule has 6 rings (SSSR count). The van der Waals surface area contributed by atoms with Crippen molar-refractivity contribution in [3.05, 3.63) is 132 Å². The summed E-state index contributed by atoms with van der Waals surface area (Å²) in [6, 6.07) is 32.6. The van der Waals surface area contributed by atoms with E-state index in [-0.39, 0.29) is 17.6 Å². The average Bonchev–Trinajstić information content (AvgIpc) is 3.40. The number of para-hydroxylation sites is 2. The largest absolute Gasteiger partial charge is 0.457 e. The van der Waals surface area contributed by atoms with E-state index in [1.807, 2.05) is 72.8 Å². The number of nitrogens with zero attached hydrogens (tertiary/aromatic N) is 2. The van der Waals surface area contributed by atoms with Crippen molar-refractivity contribution in [2.24, 2.45) is 0 Å². The first-order valence-electron chi connectivity index (χ1n) is 14.8. The zero-order valence-electron chi connectivity index (χ0n) is 24.1. The number of halogens is 1. The molecule has 1 atom stereocenters. The molecular weight excluding hydrogens is 541 g/mol. The van der Waals surface area contributed by atoms with Crippen LogP contribution in [0.5, 0.6) is 11.5 Å². The molecule has 0 unspecified atom stereocenters. The highest BCUT2D eigenvalue weighted by Gasteiger charge is 2.24. The van der Waals surface area contributed by atoms with Crippen molar-refractivity contribution < 1.29 is 18.7 Å². The van der Waals surface area contributed by atoms with Crippen LogP contribution in [0.15, 0.2) is 109 Å². The maximum Gasteiger partial charge on any atom is 0.220 e. The molecule has 1 fully saturated rings. The molecule has 220 valence electrons. The minimum atomic E-state index is -0.251. The van der Waals surface area contributed by atoms with E-state index in [9.17, 15) is 9.18 Å². The van der Waals surface area contributed by atoms with E-state index in [1.54, 1.807) is 0 Å². The third kappa shape index (κ3) is 7.31. The second-order valence-corrected chi connectivity index (χ2v) is 10.9. The van der Waals surface area contributed by atoms with Gasteiger partial charge in [-0.15, -0.1) is 0 Å². The predicted octanol–water partition coefficient (Wildman–Crippen LogP) is 6.59. The number of morpholine rings is 1. The van der Waals surface area contributed by atoms with Gasteiger partial charge in [0, 0.05) is 62.2 Å². The third-order valence-electron chi connectivity index (χ3n) is 7.94. The van der Waals surface area contributed by atoms with Gasteiger partial charge in [-0.25, -0.2) is 4.39 Å². The molecule has 1 N–H and O–H groups in total. The lowest BCUT2D eigenvalue weighted by molar-refractivity contribution is -0.121. The molecule has 4 aromatic carbocycles. The van der Waals surface area contributed by atoms with E-state index in [0.29, 0.717) is 19.5 Å². The summed E-state index contributed by atoms with van der Waals surface area (Å²) >= 11 is 0. The quantitative estimate of drug-likeness (QED) is 0.192. The fourth-order valence-electron chi connectivity index (χ4n) is 5.73. The maximum absolute atomic E-state index is 13.6. The smallest absolute Gasteiger partial charge is 0.220 e. The molecule has 6 nitrogen and oxygen atoms in total. The minimum absolute atomic E-state index is 0.00278. The zero-order valence-corrected chi connectivity index (χ0v) is 24.1. The Morgan fingerprint density at radius 1 is 0.884 bits per heavy atom. The van der Waals surface area contributed by atoms with Crippen LogP contribution in [0, 0.1) is 5.82 Å². The number of nitrogens with one attached hydrogen (secondary N) is 1. The first-order valence-corrected chi connectivity index (χ1v) is 14.8. The van der Waals surface area contributed by atoms with Crippen LogP contribution >= 0.6 is 0 Å². The molecule has 1 aliphatic rings. The van der Waals surface area contributed by atoms with Crippen LogP contribution in [0.25, 0.3) is 10.9 Å². The van der Waals surface area contributed by atoms with E-state index in [4.69, 9.17) is 9.47 Å². The molecule has 0 aliphatic carbocycles. The van der Waals surface area contributed by atoms with E-state index < -0.39 is 0 Å². The first-order chi connectivity index (χ1) is 21.1. The Morgan fingerprint density at radius 2 is 1.63 bits per heavy atom. The number of amides is 1. The van der Waals surface area contributed by atoms with Crippen LogP contribution in [0.1, 0.15) is 29.0 Å². The minimum Gasteiger partial charge on any atom is -0.457 e. The van der Waals surface area contributed by atoms with Gasteiger partial charge in [-0.2, -0.15) is 0 Å². The summed E-state index contributed by atoms with van der Waals surface area (Å²) in [4.78, 5) is 15.8. The summed E-state index contributed by atoms with van der Waals surface area (Å²) in [6.45, 7) is 5.24. The molecular formula is C36H36FN3O3. The normalized spacial score (nSPS) is 14.4. The number of benzene rings is 4. The lowest BCUT2D eigenvalue weighted by Gasteiger charge is -2.26. The number of rotatable bonds is 11. The molecule has 0 bridgehead atoms. The van der Waals surface area contributed by atoms with E-state index >= 15 is 0 Å². The lowest BCUT2D eigenvalue weighted by atomic mass is 9.88. The highest BCUT2D eigenvalue weighted by molar-refractivity contribution is 5.87. The molecule has 43 heavy (non-hydrogen) atoms. The number of hydrogen-bond acceptors (Lipinski definition) is 4. The van der Waals surface area contributed by atoms with E-state index in [2.05, 4.69) is 39.2 Å². The summed E-state index contributed by atoms with van der Waals surface area (Å²) in [5.74, 6) is 1.02. The fraction of sp³-hybridized carbons (Fsp3) is 0.250. The van der Waals surface area contributed by atoms with Crippen molar-refractivity contribution in [1.29, 1.82) is 0 Å². The van der Waals surface area contributed by atoms with Gasteiger partial charge in [0.05, 0.1) is 13.2 Å².